The summed E-state index contributed by atoms with van der Waals surface area (Å²) in [6.07, 6.45) is 2.78. The van der Waals surface area contributed by atoms with E-state index in [-0.39, 0.29) is 12.4 Å². The molecule has 0 aliphatic heterocycles. The fourth-order valence-electron chi connectivity index (χ4n) is 2.14. The zero-order chi connectivity index (χ0) is 19.1. The Morgan fingerprint density at radius 3 is 2.65 bits per heavy atom. The minimum atomic E-state index is -0.644. The van der Waals surface area contributed by atoms with Gasteiger partial charge >= 0.3 is 5.97 Å². The summed E-state index contributed by atoms with van der Waals surface area (Å²) < 4.78 is 18.5. The van der Waals surface area contributed by atoms with Gasteiger partial charge in [-0.05, 0) is 36.3 Å². The topological polar surface area (TPSA) is 46.6 Å². The van der Waals surface area contributed by atoms with E-state index >= 15 is 0 Å². The SMILES string of the molecule is Cc1ccc(/C=C/C(=O)OCC(=O)N(C)Cc2ccccc2F)cc1Cl. The number of ether oxygens (including phenoxy) is 1. The number of amides is 1. The first-order valence-corrected chi connectivity index (χ1v) is 8.33. The van der Waals surface area contributed by atoms with Crippen LogP contribution in [0.25, 0.3) is 6.08 Å². The van der Waals surface area contributed by atoms with E-state index in [9.17, 15) is 14.0 Å². The number of aryl methyl sites for hydroxylation is 1. The number of hydrogen-bond donors (Lipinski definition) is 0. The summed E-state index contributed by atoms with van der Waals surface area (Å²) in [5, 5.41) is 0.602. The standard InChI is InChI=1S/C20H19ClFNO3/c1-14-7-8-15(11-17(14)21)9-10-20(25)26-13-19(24)23(2)12-16-5-3-4-6-18(16)22/h3-11H,12-13H2,1-2H3/b10-9+. The molecule has 0 radical (unpaired) electrons. The van der Waals surface area contributed by atoms with Crippen LogP contribution in [-0.4, -0.2) is 30.4 Å². The third kappa shape index (κ3) is 5.70. The third-order valence-corrected chi connectivity index (χ3v) is 4.14. The number of esters is 1. The summed E-state index contributed by atoms with van der Waals surface area (Å²) >= 11 is 6.02. The molecular formula is C20H19ClFNO3. The lowest BCUT2D eigenvalue weighted by Gasteiger charge is -2.17. The second-order valence-corrected chi connectivity index (χ2v) is 6.20. The molecule has 1 amide bonds. The Morgan fingerprint density at radius 1 is 1.23 bits per heavy atom. The van der Waals surface area contributed by atoms with Gasteiger partial charge in [0.2, 0.25) is 0 Å². The Hall–Kier alpha value is -2.66. The monoisotopic (exact) mass is 375 g/mol. The highest BCUT2D eigenvalue weighted by Gasteiger charge is 2.13. The zero-order valence-corrected chi connectivity index (χ0v) is 15.3. The average molecular weight is 376 g/mol. The molecule has 0 aliphatic carbocycles. The molecule has 136 valence electrons. The van der Waals surface area contributed by atoms with Crippen molar-refractivity contribution in [2.45, 2.75) is 13.5 Å². The van der Waals surface area contributed by atoms with Crippen LogP contribution in [0.2, 0.25) is 5.02 Å². The van der Waals surface area contributed by atoms with E-state index in [0.29, 0.717) is 10.6 Å². The van der Waals surface area contributed by atoms with Gasteiger partial charge in [0.15, 0.2) is 6.61 Å². The van der Waals surface area contributed by atoms with Gasteiger partial charge in [0, 0.05) is 30.3 Å². The van der Waals surface area contributed by atoms with Gasteiger partial charge in [0.1, 0.15) is 5.82 Å². The van der Waals surface area contributed by atoms with Crippen molar-refractivity contribution in [1.29, 1.82) is 0 Å². The number of carbonyl (C=O) groups excluding carboxylic acids is 2. The molecule has 0 saturated heterocycles. The molecule has 2 aromatic rings. The van der Waals surface area contributed by atoms with E-state index < -0.39 is 18.5 Å². The zero-order valence-electron chi connectivity index (χ0n) is 14.5. The molecule has 0 unspecified atom stereocenters. The molecule has 6 heteroatoms. The fraction of sp³-hybridized carbons (Fsp3) is 0.200. The molecule has 0 saturated carbocycles. The first-order valence-electron chi connectivity index (χ1n) is 7.95. The lowest BCUT2D eigenvalue weighted by atomic mass is 10.1. The van der Waals surface area contributed by atoms with Crippen molar-refractivity contribution in [3.63, 3.8) is 0 Å². The number of nitrogens with zero attached hydrogens (tertiary/aromatic N) is 1. The Kier molecular flexibility index (Phi) is 6.92. The van der Waals surface area contributed by atoms with E-state index in [0.717, 1.165) is 11.1 Å². The number of hydrogen-bond acceptors (Lipinski definition) is 3. The fourth-order valence-corrected chi connectivity index (χ4v) is 2.33. The maximum atomic E-state index is 13.6. The highest BCUT2D eigenvalue weighted by atomic mass is 35.5. The van der Waals surface area contributed by atoms with Gasteiger partial charge in [-0.3, -0.25) is 4.79 Å². The Balaban J connectivity index is 1.84. The van der Waals surface area contributed by atoms with Gasteiger partial charge < -0.3 is 9.64 Å². The van der Waals surface area contributed by atoms with Crippen LogP contribution in [0, 0.1) is 12.7 Å². The smallest absolute Gasteiger partial charge is 0.331 e. The van der Waals surface area contributed by atoms with Crippen molar-refractivity contribution in [3.05, 3.63) is 76.1 Å². The minimum Gasteiger partial charge on any atom is -0.452 e. The first-order chi connectivity index (χ1) is 12.4. The molecule has 2 aromatic carbocycles. The van der Waals surface area contributed by atoms with Gasteiger partial charge in [-0.15, -0.1) is 0 Å². The molecule has 4 nitrogen and oxygen atoms in total. The van der Waals surface area contributed by atoms with Gasteiger partial charge in [0.05, 0.1) is 0 Å². The maximum absolute atomic E-state index is 13.6. The van der Waals surface area contributed by atoms with Crippen LogP contribution in [0.3, 0.4) is 0 Å². The van der Waals surface area contributed by atoms with Crippen LogP contribution in [0.5, 0.6) is 0 Å². The number of likely N-dealkylation sites (N-methyl/N-ethyl adjacent to an activating group) is 1. The lowest BCUT2D eigenvalue weighted by Crippen LogP contribution is -2.30. The molecule has 0 aliphatic rings. The molecule has 0 N–H and O–H groups in total. The number of carbonyl (C=O) groups is 2. The molecule has 26 heavy (non-hydrogen) atoms. The number of rotatable bonds is 6. The van der Waals surface area contributed by atoms with E-state index in [4.69, 9.17) is 16.3 Å². The van der Waals surface area contributed by atoms with Crippen molar-refractivity contribution >= 4 is 29.6 Å². The summed E-state index contributed by atoms with van der Waals surface area (Å²) in [4.78, 5) is 25.0. The van der Waals surface area contributed by atoms with E-state index in [1.54, 1.807) is 30.3 Å². The second kappa shape index (κ2) is 9.15. The lowest BCUT2D eigenvalue weighted by molar-refractivity contribution is -0.147. The minimum absolute atomic E-state index is 0.0980. The molecule has 2 rings (SSSR count). The Bertz CT molecular complexity index is 836. The summed E-state index contributed by atoms with van der Waals surface area (Å²) in [5.41, 5.74) is 2.08. The number of benzene rings is 2. The van der Waals surface area contributed by atoms with E-state index in [2.05, 4.69) is 0 Å². The normalized spacial score (nSPS) is 10.8. The van der Waals surface area contributed by atoms with Crippen LogP contribution in [0.4, 0.5) is 4.39 Å². The molecule has 0 fully saturated rings. The van der Waals surface area contributed by atoms with Crippen LogP contribution >= 0.6 is 11.6 Å². The van der Waals surface area contributed by atoms with Crippen LogP contribution in [-0.2, 0) is 20.9 Å². The average Bonchev–Trinajstić information content (AvgIpc) is 2.62. The van der Waals surface area contributed by atoms with Crippen LogP contribution < -0.4 is 0 Å². The maximum Gasteiger partial charge on any atom is 0.331 e. The molecule has 0 atom stereocenters. The third-order valence-electron chi connectivity index (χ3n) is 3.74. The van der Waals surface area contributed by atoms with Crippen molar-refractivity contribution in [2.24, 2.45) is 0 Å². The van der Waals surface area contributed by atoms with Crippen LogP contribution in [0.15, 0.2) is 48.5 Å². The predicted molar refractivity (Wildman–Crippen MR) is 99.1 cm³/mol. The van der Waals surface area contributed by atoms with Crippen molar-refractivity contribution in [1.82, 2.24) is 4.90 Å². The van der Waals surface area contributed by atoms with Crippen LogP contribution in [0.1, 0.15) is 16.7 Å². The highest BCUT2D eigenvalue weighted by Crippen LogP contribution is 2.17. The Labute approximate surface area is 156 Å². The van der Waals surface area contributed by atoms with E-state index in [1.165, 1.54) is 24.1 Å². The highest BCUT2D eigenvalue weighted by molar-refractivity contribution is 6.31. The first kappa shape index (κ1) is 19.7. The molecular weight excluding hydrogens is 357 g/mol. The summed E-state index contributed by atoms with van der Waals surface area (Å²) in [5.74, 6) is -1.45. The summed E-state index contributed by atoms with van der Waals surface area (Å²) in [7, 11) is 1.52. The van der Waals surface area contributed by atoms with Gasteiger partial charge in [-0.2, -0.15) is 0 Å². The Morgan fingerprint density at radius 2 is 1.96 bits per heavy atom. The van der Waals surface area contributed by atoms with Gasteiger partial charge in [0.25, 0.3) is 5.91 Å². The van der Waals surface area contributed by atoms with Crippen molar-refractivity contribution < 1.29 is 18.7 Å². The molecule has 0 heterocycles. The van der Waals surface area contributed by atoms with Gasteiger partial charge in [-0.25, -0.2) is 9.18 Å². The molecule has 0 bridgehead atoms. The largest absolute Gasteiger partial charge is 0.452 e. The predicted octanol–water partition coefficient (Wildman–Crippen LogP) is 4.00. The van der Waals surface area contributed by atoms with Crippen molar-refractivity contribution in [2.75, 3.05) is 13.7 Å². The van der Waals surface area contributed by atoms with Gasteiger partial charge in [-0.1, -0.05) is 41.9 Å². The summed E-state index contributed by atoms with van der Waals surface area (Å²) in [6.45, 7) is 1.57. The molecule has 0 aromatic heterocycles. The second-order valence-electron chi connectivity index (χ2n) is 5.79. The summed E-state index contributed by atoms with van der Waals surface area (Å²) in [6, 6.07) is 11.6. The van der Waals surface area contributed by atoms with Crippen molar-refractivity contribution in [3.8, 4) is 0 Å². The quantitative estimate of drug-likeness (QED) is 0.566. The molecule has 0 spiro atoms. The van der Waals surface area contributed by atoms with E-state index in [1.807, 2.05) is 19.1 Å². The number of halogens is 2.